The molecule has 0 aliphatic rings. The second-order valence-electron chi connectivity index (χ2n) is 3.73. The zero-order valence-electron chi connectivity index (χ0n) is 9.85. The Morgan fingerprint density at radius 2 is 1.94 bits per heavy atom. The molecule has 0 saturated heterocycles. The van der Waals surface area contributed by atoms with Crippen LogP contribution in [0.15, 0.2) is 41.0 Å². The van der Waals surface area contributed by atoms with Crippen molar-refractivity contribution < 1.29 is 4.74 Å². The van der Waals surface area contributed by atoms with Crippen LogP contribution in [0.2, 0.25) is 0 Å². The molecule has 0 atom stereocenters. The van der Waals surface area contributed by atoms with E-state index in [4.69, 9.17) is 4.74 Å². The smallest absolute Gasteiger partial charge is 0.0825 e. The lowest BCUT2D eigenvalue weighted by molar-refractivity contribution is 0.139. The summed E-state index contributed by atoms with van der Waals surface area (Å²) in [7, 11) is 0. The second kappa shape index (κ2) is 7.07. The third kappa shape index (κ3) is 3.43. The molecule has 0 N–H and O–H groups in total. The first-order valence-corrected chi connectivity index (χ1v) is 7.65. The van der Waals surface area contributed by atoms with Crippen LogP contribution in [-0.2, 0) is 11.3 Å². The van der Waals surface area contributed by atoms with Gasteiger partial charge in [0, 0.05) is 10.9 Å². The van der Waals surface area contributed by atoms with E-state index in [1.165, 1.54) is 0 Å². The maximum atomic E-state index is 5.46. The molecule has 0 unspecified atom stereocenters. The lowest BCUT2D eigenvalue weighted by Crippen LogP contribution is -2.09. The highest BCUT2D eigenvalue weighted by atomic mass is 79.9. The molecule has 2 aromatic rings. The molecule has 1 aromatic heterocycles. The fraction of sp³-hybridized carbons (Fsp3) is 0.308. The number of ether oxygens (including phenoxy) is 1. The molecule has 0 aliphatic carbocycles. The number of alkyl halides is 1. The minimum absolute atomic E-state index is 0.666. The lowest BCUT2D eigenvalue weighted by Gasteiger charge is -2.08. The highest BCUT2D eigenvalue weighted by Crippen LogP contribution is 2.27. The highest BCUT2D eigenvalue weighted by Gasteiger charge is 2.10. The molecule has 0 amide bonds. The molecule has 3 nitrogen and oxygen atoms in total. The Kier molecular flexibility index (Phi) is 5.41. The Balaban J connectivity index is 2.12. The second-order valence-corrected chi connectivity index (χ2v) is 5.38. The van der Waals surface area contributed by atoms with Crippen molar-refractivity contribution in [1.29, 1.82) is 0 Å². The van der Waals surface area contributed by atoms with Gasteiger partial charge in [0.15, 0.2) is 0 Å². The van der Waals surface area contributed by atoms with Gasteiger partial charge in [-0.15, -0.1) is 0 Å². The predicted octanol–water partition coefficient (Wildman–Crippen LogP) is 3.72. The van der Waals surface area contributed by atoms with Crippen molar-refractivity contribution in [2.45, 2.75) is 6.54 Å². The summed E-state index contributed by atoms with van der Waals surface area (Å²) >= 11 is 6.88. The molecule has 5 heteroatoms. The van der Waals surface area contributed by atoms with Gasteiger partial charge in [-0.3, -0.25) is 4.68 Å². The maximum absolute atomic E-state index is 5.46. The van der Waals surface area contributed by atoms with Crippen molar-refractivity contribution in [1.82, 2.24) is 9.78 Å². The number of aromatic nitrogens is 2. The van der Waals surface area contributed by atoms with Gasteiger partial charge in [0.25, 0.3) is 0 Å². The maximum Gasteiger partial charge on any atom is 0.0825 e. The van der Waals surface area contributed by atoms with Crippen molar-refractivity contribution in [2.75, 3.05) is 18.5 Å². The molecule has 18 heavy (non-hydrogen) atoms. The average molecular weight is 374 g/mol. The van der Waals surface area contributed by atoms with Crippen LogP contribution in [0.3, 0.4) is 0 Å². The summed E-state index contributed by atoms with van der Waals surface area (Å²) in [6.07, 6.45) is 1.83. The number of hydrogen-bond donors (Lipinski definition) is 0. The number of rotatable bonds is 6. The molecule has 96 valence electrons. The van der Waals surface area contributed by atoms with Gasteiger partial charge in [0.2, 0.25) is 0 Å². The molecule has 2 rings (SSSR count). The fourth-order valence-electron chi connectivity index (χ4n) is 1.72. The van der Waals surface area contributed by atoms with Crippen LogP contribution in [-0.4, -0.2) is 28.3 Å². The molecule has 0 fully saturated rings. The number of hydrogen-bond acceptors (Lipinski definition) is 2. The summed E-state index contributed by atoms with van der Waals surface area (Å²) in [4.78, 5) is 0. The quantitative estimate of drug-likeness (QED) is 0.569. The van der Waals surface area contributed by atoms with Gasteiger partial charge in [0.1, 0.15) is 0 Å². The van der Waals surface area contributed by atoms with Crippen LogP contribution >= 0.6 is 31.9 Å². The molecular weight excluding hydrogens is 360 g/mol. The Labute approximate surface area is 123 Å². The predicted molar refractivity (Wildman–Crippen MR) is 80.0 cm³/mol. The van der Waals surface area contributed by atoms with E-state index in [1.54, 1.807) is 0 Å². The van der Waals surface area contributed by atoms with E-state index >= 15 is 0 Å². The Bertz CT molecular complexity index is 485. The first-order chi connectivity index (χ1) is 8.83. The minimum atomic E-state index is 0.666. The van der Waals surface area contributed by atoms with Crippen molar-refractivity contribution in [3.63, 3.8) is 0 Å². The van der Waals surface area contributed by atoms with Gasteiger partial charge >= 0.3 is 0 Å². The molecule has 0 aliphatic heterocycles. The van der Waals surface area contributed by atoms with E-state index in [-0.39, 0.29) is 0 Å². The highest BCUT2D eigenvalue weighted by molar-refractivity contribution is 9.10. The molecular formula is C13H14Br2N2O. The molecule has 0 spiro atoms. The van der Waals surface area contributed by atoms with E-state index in [0.29, 0.717) is 6.61 Å². The number of halogens is 2. The van der Waals surface area contributed by atoms with Crippen molar-refractivity contribution in [3.05, 3.63) is 41.0 Å². The molecule has 0 saturated carbocycles. The van der Waals surface area contributed by atoms with Crippen molar-refractivity contribution in [3.8, 4) is 11.3 Å². The topological polar surface area (TPSA) is 27.1 Å². The largest absolute Gasteiger partial charge is 0.379 e. The Hall–Kier alpha value is -0.650. The number of nitrogens with zero attached hydrogens (tertiary/aromatic N) is 2. The Morgan fingerprint density at radius 3 is 2.67 bits per heavy atom. The molecule has 0 radical (unpaired) electrons. The standard InChI is InChI=1S/C13H14Br2N2O/c14-6-8-18-9-7-17-13(12(15)10-16-17)11-4-2-1-3-5-11/h1-5,10H,6-9H2. The van der Waals surface area contributed by atoms with Gasteiger partial charge < -0.3 is 4.74 Å². The van der Waals surface area contributed by atoms with E-state index in [9.17, 15) is 0 Å². The van der Waals surface area contributed by atoms with Gasteiger partial charge in [-0.1, -0.05) is 46.3 Å². The molecule has 1 aromatic carbocycles. The third-order valence-corrected chi connectivity index (χ3v) is 3.42. The van der Waals surface area contributed by atoms with Gasteiger partial charge in [-0.05, 0) is 15.9 Å². The first kappa shape index (κ1) is 13.8. The SMILES string of the molecule is BrCCOCCn1ncc(Br)c1-c1ccccc1. The molecule has 1 heterocycles. The van der Waals surface area contributed by atoms with Crippen LogP contribution in [0.1, 0.15) is 0 Å². The average Bonchev–Trinajstić information content (AvgIpc) is 2.77. The van der Waals surface area contributed by atoms with E-state index < -0.39 is 0 Å². The zero-order valence-corrected chi connectivity index (χ0v) is 13.0. The van der Waals surface area contributed by atoms with Gasteiger partial charge in [0.05, 0.1) is 36.1 Å². The minimum Gasteiger partial charge on any atom is -0.379 e. The summed E-state index contributed by atoms with van der Waals surface area (Å²) in [5, 5.41) is 5.23. The van der Waals surface area contributed by atoms with E-state index in [1.807, 2.05) is 29.1 Å². The summed E-state index contributed by atoms with van der Waals surface area (Å²) in [5.41, 5.74) is 2.25. The first-order valence-electron chi connectivity index (χ1n) is 5.73. The van der Waals surface area contributed by atoms with Gasteiger partial charge in [-0.2, -0.15) is 5.10 Å². The zero-order chi connectivity index (χ0) is 12.8. The van der Waals surface area contributed by atoms with E-state index in [2.05, 4.69) is 49.1 Å². The monoisotopic (exact) mass is 372 g/mol. The van der Waals surface area contributed by atoms with Crippen LogP contribution in [0, 0.1) is 0 Å². The van der Waals surface area contributed by atoms with Crippen LogP contribution in [0.25, 0.3) is 11.3 Å². The van der Waals surface area contributed by atoms with Crippen LogP contribution in [0.5, 0.6) is 0 Å². The fourth-order valence-corrected chi connectivity index (χ4v) is 2.48. The summed E-state index contributed by atoms with van der Waals surface area (Å²) < 4.78 is 8.44. The lowest BCUT2D eigenvalue weighted by atomic mass is 10.1. The van der Waals surface area contributed by atoms with Gasteiger partial charge in [-0.25, -0.2) is 0 Å². The van der Waals surface area contributed by atoms with Crippen molar-refractivity contribution >= 4 is 31.9 Å². The van der Waals surface area contributed by atoms with Crippen LogP contribution < -0.4 is 0 Å². The number of benzene rings is 1. The Morgan fingerprint density at radius 1 is 1.17 bits per heavy atom. The normalized spacial score (nSPS) is 10.8. The summed E-state index contributed by atoms with van der Waals surface area (Å²) in [6, 6.07) is 10.2. The van der Waals surface area contributed by atoms with Crippen LogP contribution in [0.4, 0.5) is 0 Å². The van der Waals surface area contributed by atoms with Crippen molar-refractivity contribution in [2.24, 2.45) is 0 Å². The van der Waals surface area contributed by atoms with E-state index in [0.717, 1.165) is 34.2 Å². The summed E-state index contributed by atoms with van der Waals surface area (Å²) in [6.45, 7) is 2.14. The summed E-state index contributed by atoms with van der Waals surface area (Å²) in [5.74, 6) is 0. The molecule has 0 bridgehead atoms. The third-order valence-electron chi connectivity index (χ3n) is 2.51.